The standard InChI is InChI=1S/C14H22N2O2/c1-3-11-4-5-14(17-2)13(8-11)16-10-12-9-15-6-7-18-12/h4-5,8,12,15-16H,3,6-7,9-10H2,1-2H3. The molecule has 1 heterocycles. The highest BCUT2D eigenvalue weighted by Gasteiger charge is 2.13. The van der Waals surface area contributed by atoms with Crippen LogP contribution in [0.4, 0.5) is 5.69 Å². The first-order valence-electron chi connectivity index (χ1n) is 6.56. The van der Waals surface area contributed by atoms with Crippen LogP contribution in [0, 0.1) is 0 Å². The van der Waals surface area contributed by atoms with Gasteiger partial charge in [0.2, 0.25) is 0 Å². The smallest absolute Gasteiger partial charge is 0.141 e. The number of aryl methyl sites for hydroxylation is 1. The van der Waals surface area contributed by atoms with E-state index < -0.39 is 0 Å². The van der Waals surface area contributed by atoms with Gasteiger partial charge in [0.05, 0.1) is 25.5 Å². The zero-order valence-electron chi connectivity index (χ0n) is 11.2. The molecule has 100 valence electrons. The maximum atomic E-state index is 5.66. The van der Waals surface area contributed by atoms with Crippen LogP contribution >= 0.6 is 0 Å². The number of anilines is 1. The largest absolute Gasteiger partial charge is 0.495 e. The number of rotatable bonds is 5. The first-order chi connectivity index (χ1) is 8.83. The molecule has 0 amide bonds. The van der Waals surface area contributed by atoms with Gasteiger partial charge in [0.1, 0.15) is 5.75 Å². The van der Waals surface area contributed by atoms with Crippen molar-refractivity contribution in [2.45, 2.75) is 19.4 Å². The first-order valence-corrected chi connectivity index (χ1v) is 6.56. The van der Waals surface area contributed by atoms with Crippen LogP contribution in [0.15, 0.2) is 18.2 Å². The summed E-state index contributed by atoms with van der Waals surface area (Å²) in [6, 6.07) is 6.26. The monoisotopic (exact) mass is 250 g/mol. The third kappa shape index (κ3) is 3.37. The molecule has 1 aromatic rings. The van der Waals surface area contributed by atoms with E-state index in [-0.39, 0.29) is 6.10 Å². The molecular weight excluding hydrogens is 228 g/mol. The quantitative estimate of drug-likeness (QED) is 0.834. The van der Waals surface area contributed by atoms with Crippen LogP contribution in [0.25, 0.3) is 0 Å². The lowest BCUT2D eigenvalue weighted by Crippen LogP contribution is -2.42. The minimum Gasteiger partial charge on any atom is -0.495 e. The molecule has 4 heteroatoms. The fraction of sp³-hybridized carbons (Fsp3) is 0.571. The Morgan fingerprint density at radius 1 is 1.50 bits per heavy atom. The molecule has 0 saturated carbocycles. The highest BCUT2D eigenvalue weighted by molar-refractivity contribution is 5.58. The number of ether oxygens (including phenoxy) is 2. The van der Waals surface area contributed by atoms with Crippen molar-refractivity contribution < 1.29 is 9.47 Å². The summed E-state index contributed by atoms with van der Waals surface area (Å²) in [5.74, 6) is 0.885. The van der Waals surface area contributed by atoms with E-state index in [4.69, 9.17) is 9.47 Å². The summed E-state index contributed by atoms with van der Waals surface area (Å²) >= 11 is 0. The molecule has 1 atom stereocenters. The third-order valence-corrected chi connectivity index (χ3v) is 3.20. The second kappa shape index (κ2) is 6.61. The average Bonchev–Trinajstić information content (AvgIpc) is 2.45. The predicted octanol–water partition coefficient (Wildman–Crippen LogP) is 1.66. The molecule has 4 nitrogen and oxygen atoms in total. The predicted molar refractivity (Wildman–Crippen MR) is 73.5 cm³/mol. The summed E-state index contributed by atoms with van der Waals surface area (Å²) in [6.07, 6.45) is 1.26. The van der Waals surface area contributed by atoms with Crippen LogP contribution in [-0.4, -0.2) is 39.5 Å². The summed E-state index contributed by atoms with van der Waals surface area (Å²) in [5, 5.41) is 6.74. The Labute approximate surface area is 109 Å². The minimum absolute atomic E-state index is 0.230. The lowest BCUT2D eigenvalue weighted by molar-refractivity contribution is 0.0372. The van der Waals surface area contributed by atoms with Crippen molar-refractivity contribution in [1.82, 2.24) is 5.32 Å². The topological polar surface area (TPSA) is 42.5 Å². The van der Waals surface area contributed by atoms with Gasteiger partial charge in [-0.25, -0.2) is 0 Å². The van der Waals surface area contributed by atoms with Gasteiger partial charge >= 0.3 is 0 Å². The van der Waals surface area contributed by atoms with Crippen molar-refractivity contribution in [3.05, 3.63) is 23.8 Å². The van der Waals surface area contributed by atoms with Gasteiger partial charge in [0, 0.05) is 19.6 Å². The second-order valence-electron chi connectivity index (χ2n) is 4.47. The fourth-order valence-electron chi connectivity index (χ4n) is 2.09. The number of hydrogen-bond acceptors (Lipinski definition) is 4. The Morgan fingerprint density at radius 2 is 2.39 bits per heavy atom. The SMILES string of the molecule is CCc1ccc(OC)c(NCC2CNCCO2)c1. The summed E-state index contributed by atoms with van der Waals surface area (Å²) in [6.45, 7) is 5.60. The molecule has 1 fully saturated rings. The molecule has 1 aliphatic rings. The van der Waals surface area contributed by atoms with Crippen molar-refractivity contribution in [2.24, 2.45) is 0 Å². The number of benzene rings is 1. The van der Waals surface area contributed by atoms with Crippen molar-refractivity contribution in [3.8, 4) is 5.75 Å². The molecule has 18 heavy (non-hydrogen) atoms. The molecule has 1 unspecified atom stereocenters. The molecule has 1 aliphatic heterocycles. The Kier molecular flexibility index (Phi) is 4.84. The zero-order valence-corrected chi connectivity index (χ0v) is 11.2. The van der Waals surface area contributed by atoms with Gasteiger partial charge in [-0.15, -0.1) is 0 Å². The van der Waals surface area contributed by atoms with Gasteiger partial charge < -0.3 is 20.1 Å². The molecule has 2 N–H and O–H groups in total. The van der Waals surface area contributed by atoms with Gasteiger partial charge in [-0.3, -0.25) is 0 Å². The summed E-state index contributed by atoms with van der Waals surface area (Å²) in [4.78, 5) is 0. The molecular formula is C14H22N2O2. The van der Waals surface area contributed by atoms with E-state index in [0.29, 0.717) is 0 Å². The molecule has 0 radical (unpaired) electrons. The van der Waals surface area contributed by atoms with Crippen LogP contribution in [-0.2, 0) is 11.2 Å². The molecule has 0 spiro atoms. The van der Waals surface area contributed by atoms with Gasteiger partial charge in [-0.05, 0) is 24.1 Å². The van der Waals surface area contributed by atoms with Crippen LogP contribution in [0.3, 0.4) is 0 Å². The maximum Gasteiger partial charge on any atom is 0.141 e. The fourth-order valence-corrected chi connectivity index (χ4v) is 2.09. The third-order valence-electron chi connectivity index (χ3n) is 3.20. The molecule has 2 rings (SSSR count). The maximum absolute atomic E-state index is 5.66. The number of nitrogens with one attached hydrogen (secondary N) is 2. The average molecular weight is 250 g/mol. The minimum atomic E-state index is 0.230. The van der Waals surface area contributed by atoms with E-state index in [2.05, 4.69) is 29.7 Å². The molecule has 1 aromatic carbocycles. The van der Waals surface area contributed by atoms with Crippen molar-refractivity contribution in [1.29, 1.82) is 0 Å². The second-order valence-corrected chi connectivity index (χ2v) is 4.47. The lowest BCUT2D eigenvalue weighted by atomic mass is 10.1. The van der Waals surface area contributed by atoms with Gasteiger partial charge in [0.25, 0.3) is 0 Å². The highest BCUT2D eigenvalue weighted by Crippen LogP contribution is 2.25. The van der Waals surface area contributed by atoms with E-state index in [1.807, 2.05) is 6.07 Å². The van der Waals surface area contributed by atoms with Gasteiger partial charge in [-0.2, -0.15) is 0 Å². The van der Waals surface area contributed by atoms with Crippen LogP contribution in [0.5, 0.6) is 5.75 Å². The zero-order chi connectivity index (χ0) is 12.8. The van der Waals surface area contributed by atoms with Crippen LogP contribution in [0.1, 0.15) is 12.5 Å². The Morgan fingerprint density at radius 3 is 3.06 bits per heavy atom. The number of methoxy groups -OCH3 is 1. The number of hydrogen-bond donors (Lipinski definition) is 2. The molecule has 0 bridgehead atoms. The summed E-state index contributed by atoms with van der Waals surface area (Å²) in [5.41, 5.74) is 2.35. The van der Waals surface area contributed by atoms with Crippen molar-refractivity contribution in [2.75, 3.05) is 38.7 Å². The van der Waals surface area contributed by atoms with Gasteiger partial charge in [0.15, 0.2) is 0 Å². The molecule has 1 saturated heterocycles. The van der Waals surface area contributed by atoms with Crippen LogP contribution in [0.2, 0.25) is 0 Å². The molecule has 0 aliphatic carbocycles. The normalized spacial score (nSPS) is 19.6. The van der Waals surface area contributed by atoms with Crippen molar-refractivity contribution >= 4 is 5.69 Å². The summed E-state index contributed by atoms with van der Waals surface area (Å²) in [7, 11) is 1.70. The van der Waals surface area contributed by atoms with E-state index in [1.165, 1.54) is 5.56 Å². The van der Waals surface area contributed by atoms with Crippen molar-refractivity contribution in [3.63, 3.8) is 0 Å². The van der Waals surface area contributed by atoms with Crippen LogP contribution < -0.4 is 15.4 Å². The highest BCUT2D eigenvalue weighted by atomic mass is 16.5. The molecule has 0 aromatic heterocycles. The van der Waals surface area contributed by atoms with E-state index in [9.17, 15) is 0 Å². The van der Waals surface area contributed by atoms with E-state index in [0.717, 1.165) is 44.1 Å². The summed E-state index contributed by atoms with van der Waals surface area (Å²) < 4.78 is 11.0. The Hall–Kier alpha value is -1.26. The van der Waals surface area contributed by atoms with E-state index in [1.54, 1.807) is 7.11 Å². The Bertz CT molecular complexity index is 376. The first kappa shape index (κ1) is 13.2. The van der Waals surface area contributed by atoms with Gasteiger partial charge in [-0.1, -0.05) is 13.0 Å². The number of morpholine rings is 1. The lowest BCUT2D eigenvalue weighted by Gasteiger charge is -2.24. The Balaban J connectivity index is 1.97. The van der Waals surface area contributed by atoms with E-state index >= 15 is 0 Å².